The number of aryl methyl sites for hydroxylation is 1. The van der Waals surface area contributed by atoms with E-state index in [9.17, 15) is 4.79 Å². The molecule has 0 aliphatic carbocycles. The number of benzene rings is 1. The molecule has 2 unspecified atom stereocenters. The van der Waals surface area contributed by atoms with Crippen LogP contribution in [0.25, 0.3) is 0 Å². The molecule has 0 saturated carbocycles. The molecule has 7 nitrogen and oxygen atoms in total. The number of carbonyl (C=O) groups is 1. The summed E-state index contributed by atoms with van der Waals surface area (Å²) in [5, 5.41) is 7.76. The van der Waals surface area contributed by atoms with E-state index >= 15 is 0 Å². The zero-order valence-electron chi connectivity index (χ0n) is 16.5. The Morgan fingerprint density at radius 3 is 2.93 bits per heavy atom. The van der Waals surface area contributed by atoms with Crippen LogP contribution in [0.15, 0.2) is 30.3 Å². The van der Waals surface area contributed by atoms with Gasteiger partial charge in [0.15, 0.2) is 5.82 Å². The first-order chi connectivity index (χ1) is 13.7. The fourth-order valence-corrected chi connectivity index (χ4v) is 4.24. The van der Waals surface area contributed by atoms with Crippen molar-refractivity contribution in [3.63, 3.8) is 0 Å². The van der Waals surface area contributed by atoms with Crippen LogP contribution in [-0.4, -0.2) is 51.8 Å². The zero-order chi connectivity index (χ0) is 19.3. The third-order valence-corrected chi connectivity index (χ3v) is 5.65. The number of nitrogens with one attached hydrogen (secondary N) is 1. The number of amides is 1. The molecule has 1 aromatic carbocycles. The van der Waals surface area contributed by atoms with Gasteiger partial charge in [-0.1, -0.05) is 30.3 Å². The molecule has 2 aliphatic rings. The van der Waals surface area contributed by atoms with Gasteiger partial charge in [0, 0.05) is 32.7 Å². The number of ether oxygens (including phenoxy) is 1. The lowest BCUT2D eigenvalue weighted by molar-refractivity contribution is -0.127. The van der Waals surface area contributed by atoms with Crippen molar-refractivity contribution >= 4 is 5.91 Å². The van der Waals surface area contributed by atoms with Crippen LogP contribution in [0, 0.1) is 5.92 Å². The third kappa shape index (κ3) is 4.59. The second-order valence-electron chi connectivity index (χ2n) is 7.86. The molecule has 1 N–H and O–H groups in total. The predicted molar refractivity (Wildman–Crippen MR) is 105 cm³/mol. The minimum Gasteiger partial charge on any atom is -0.377 e. The van der Waals surface area contributed by atoms with Gasteiger partial charge in [-0.15, -0.1) is 0 Å². The summed E-state index contributed by atoms with van der Waals surface area (Å²) in [5.41, 5.74) is 1.31. The second kappa shape index (κ2) is 8.84. The highest BCUT2D eigenvalue weighted by Gasteiger charge is 2.29. The molecule has 1 fully saturated rings. The molecule has 7 heteroatoms. The van der Waals surface area contributed by atoms with Gasteiger partial charge in [0.25, 0.3) is 0 Å². The van der Waals surface area contributed by atoms with Gasteiger partial charge >= 0.3 is 0 Å². The van der Waals surface area contributed by atoms with Gasteiger partial charge < -0.3 is 10.1 Å². The number of likely N-dealkylation sites (tertiary alicyclic amines) is 1. The molecule has 0 bridgehead atoms. The van der Waals surface area contributed by atoms with E-state index in [1.165, 1.54) is 5.56 Å². The van der Waals surface area contributed by atoms with Crippen LogP contribution in [0.2, 0.25) is 0 Å². The van der Waals surface area contributed by atoms with E-state index in [1.54, 1.807) is 7.11 Å². The largest absolute Gasteiger partial charge is 0.377 e. The maximum absolute atomic E-state index is 12.9. The fraction of sp³-hybridized carbons (Fsp3) is 0.571. The number of rotatable bonds is 6. The van der Waals surface area contributed by atoms with Gasteiger partial charge in [0.1, 0.15) is 12.4 Å². The van der Waals surface area contributed by atoms with E-state index in [-0.39, 0.29) is 17.9 Å². The van der Waals surface area contributed by atoms with Crippen LogP contribution in [0.3, 0.4) is 0 Å². The van der Waals surface area contributed by atoms with Crippen LogP contribution < -0.4 is 5.32 Å². The highest BCUT2D eigenvalue weighted by Crippen LogP contribution is 2.20. The Labute approximate surface area is 166 Å². The normalized spacial score (nSPS) is 22.6. The van der Waals surface area contributed by atoms with Crippen LogP contribution in [-0.2, 0) is 35.6 Å². The van der Waals surface area contributed by atoms with E-state index < -0.39 is 0 Å². The first-order valence-electron chi connectivity index (χ1n) is 10.2. The molecule has 1 amide bonds. The van der Waals surface area contributed by atoms with Crippen molar-refractivity contribution in [2.75, 3.05) is 20.2 Å². The molecule has 150 valence electrons. The van der Waals surface area contributed by atoms with Crippen molar-refractivity contribution < 1.29 is 9.53 Å². The van der Waals surface area contributed by atoms with Crippen LogP contribution in [0.5, 0.6) is 0 Å². The molecule has 28 heavy (non-hydrogen) atoms. The standard InChI is InChI=1S/C21H29N5O2/c1-28-15-19-23-20-10-9-18(14-26(20)24-19)22-21(27)17-8-5-11-25(13-17)12-16-6-3-2-4-7-16/h2-4,6-7,17-18H,5,8-15H2,1H3,(H,22,27). The molecular weight excluding hydrogens is 354 g/mol. The van der Waals surface area contributed by atoms with E-state index in [4.69, 9.17) is 4.74 Å². The Morgan fingerprint density at radius 2 is 2.11 bits per heavy atom. The second-order valence-corrected chi connectivity index (χ2v) is 7.86. The molecule has 3 heterocycles. The lowest BCUT2D eigenvalue weighted by Crippen LogP contribution is -2.48. The van der Waals surface area contributed by atoms with E-state index in [2.05, 4.69) is 44.6 Å². The maximum atomic E-state index is 12.9. The minimum absolute atomic E-state index is 0.0682. The molecular formula is C21H29N5O2. The quantitative estimate of drug-likeness (QED) is 0.823. The average molecular weight is 383 g/mol. The fourth-order valence-electron chi connectivity index (χ4n) is 4.24. The Morgan fingerprint density at radius 1 is 1.25 bits per heavy atom. The molecule has 2 atom stereocenters. The lowest BCUT2D eigenvalue weighted by Gasteiger charge is -2.33. The molecule has 2 aromatic rings. The number of carbonyl (C=O) groups excluding carboxylic acids is 1. The Kier molecular flexibility index (Phi) is 6.02. The predicted octanol–water partition coefficient (Wildman–Crippen LogP) is 1.77. The third-order valence-electron chi connectivity index (χ3n) is 5.65. The minimum atomic E-state index is 0.0682. The van der Waals surface area contributed by atoms with Gasteiger partial charge in [-0.3, -0.25) is 9.69 Å². The molecule has 2 aliphatic heterocycles. The summed E-state index contributed by atoms with van der Waals surface area (Å²) in [4.78, 5) is 19.8. The van der Waals surface area contributed by atoms with Crippen LogP contribution in [0.4, 0.5) is 0 Å². The zero-order valence-corrected chi connectivity index (χ0v) is 16.5. The first kappa shape index (κ1) is 19.1. The van der Waals surface area contributed by atoms with Crippen LogP contribution >= 0.6 is 0 Å². The smallest absolute Gasteiger partial charge is 0.224 e. The number of hydrogen-bond donors (Lipinski definition) is 1. The number of fused-ring (bicyclic) bond motifs is 1. The summed E-state index contributed by atoms with van der Waals surface area (Å²) in [7, 11) is 1.65. The number of aromatic nitrogens is 3. The van der Waals surface area contributed by atoms with Gasteiger partial charge in [0.2, 0.25) is 5.91 Å². The van der Waals surface area contributed by atoms with Gasteiger partial charge in [0.05, 0.1) is 12.5 Å². The highest BCUT2D eigenvalue weighted by atomic mass is 16.5. The van der Waals surface area contributed by atoms with Crippen LogP contribution in [0.1, 0.15) is 36.5 Å². The summed E-state index contributed by atoms with van der Waals surface area (Å²) < 4.78 is 7.04. The van der Waals surface area contributed by atoms with Crippen molar-refractivity contribution in [3.8, 4) is 0 Å². The van der Waals surface area contributed by atoms with Crippen molar-refractivity contribution in [2.24, 2.45) is 5.92 Å². The van der Waals surface area contributed by atoms with Crippen molar-refractivity contribution in [1.29, 1.82) is 0 Å². The molecule has 1 saturated heterocycles. The lowest BCUT2D eigenvalue weighted by atomic mass is 9.95. The van der Waals surface area contributed by atoms with E-state index in [1.807, 2.05) is 10.7 Å². The molecule has 1 aromatic heterocycles. The van der Waals surface area contributed by atoms with Crippen molar-refractivity contribution in [2.45, 2.75) is 51.4 Å². The summed E-state index contributed by atoms with van der Waals surface area (Å²) in [6.45, 7) is 3.93. The average Bonchev–Trinajstić information content (AvgIpc) is 3.11. The maximum Gasteiger partial charge on any atom is 0.224 e. The molecule has 0 spiro atoms. The topological polar surface area (TPSA) is 72.3 Å². The Balaban J connectivity index is 1.30. The number of piperidine rings is 1. The number of nitrogens with zero attached hydrogens (tertiary/aromatic N) is 4. The molecule has 0 radical (unpaired) electrons. The van der Waals surface area contributed by atoms with Gasteiger partial charge in [-0.05, 0) is 31.4 Å². The number of hydrogen-bond acceptors (Lipinski definition) is 5. The monoisotopic (exact) mass is 383 g/mol. The van der Waals surface area contributed by atoms with Crippen molar-refractivity contribution in [1.82, 2.24) is 25.0 Å². The molecule has 4 rings (SSSR count). The SMILES string of the molecule is COCc1nc2n(n1)CC(NC(=O)C1CCCN(Cc3ccccc3)C1)CC2. The Bertz CT molecular complexity index is 791. The highest BCUT2D eigenvalue weighted by molar-refractivity contribution is 5.79. The van der Waals surface area contributed by atoms with E-state index in [0.717, 1.165) is 51.1 Å². The van der Waals surface area contributed by atoms with Crippen molar-refractivity contribution in [3.05, 3.63) is 47.5 Å². The summed E-state index contributed by atoms with van der Waals surface area (Å²) in [5.74, 6) is 1.96. The first-order valence-corrected chi connectivity index (χ1v) is 10.2. The Hall–Kier alpha value is -2.25. The summed E-state index contributed by atoms with van der Waals surface area (Å²) >= 11 is 0. The van der Waals surface area contributed by atoms with Gasteiger partial charge in [-0.2, -0.15) is 5.10 Å². The number of methoxy groups -OCH3 is 1. The summed E-state index contributed by atoms with van der Waals surface area (Å²) in [6, 6.07) is 10.6. The van der Waals surface area contributed by atoms with E-state index in [0.29, 0.717) is 19.0 Å². The van der Waals surface area contributed by atoms with Gasteiger partial charge in [-0.25, -0.2) is 9.67 Å². The summed E-state index contributed by atoms with van der Waals surface area (Å²) in [6.07, 6.45) is 3.79.